The van der Waals surface area contributed by atoms with Crippen LogP contribution in [0.5, 0.6) is 0 Å². The first-order chi connectivity index (χ1) is 10.1. The number of aliphatic hydroxyl groups excluding tert-OH is 1. The van der Waals surface area contributed by atoms with E-state index in [1.54, 1.807) is 0 Å². The van der Waals surface area contributed by atoms with E-state index in [0.29, 0.717) is 5.92 Å². The largest absolute Gasteiger partial charge is 0.387 e. The van der Waals surface area contributed by atoms with Gasteiger partial charge in [-0.25, -0.2) is 8.78 Å². The van der Waals surface area contributed by atoms with Crippen molar-refractivity contribution in [1.29, 1.82) is 0 Å². The molecule has 1 aliphatic rings. The van der Waals surface area contributed by atoms with Gasteiger partial charge in [-0.05, 0) is 50.5 Å². The minimum absolute atomic E-state index is 0.155. The van der Waals surface area contributed by atoms with Crippen molar-refractivity contribution in [3.63, 3.8) is 0 Å². The van der Waals surface area contributed by atoms with Gasteiger partial charge in [0, 0.05) is 13.1 Å². The second-order valence-corrected chi connectivity index (χ2v) is 5.92. The van der Waals surface area contributed by atoms with E-state index in [2.05, 4.69) is 17.1 Å². The lowest BCUT2D eigenvalue weighted by molar-refractivity contribution is 0.162. The molecule has 0 bridgehead atoms. The van der Waals surface area contributed by atoms with Gasteiger partial charge in [0.1, 0.15) is 11.6 Å². The topological polar surface area (TPSA) is 35.5 Å². The van der Waals surface area contributed by atoms with Crippen LogP contribution < -0.4 is 5.32 Å². The second-order valence-electron chi connectivity index (χ2n) is 5.92. The van der Waals surface area contributed by atoms with Crippen LogP contribution >= 0.6 is 0 Å². The molecule has 0 spiro atoms. The van der Waals surface area contributed by atoms with Crippen molar-refractivity contribution in [2.24, 2.45) is 5.92 Å². The highest BCUT2D eigenvalue weighted by molar-refractivity contribution is 5.22. The summed E-state index contributed by atoms with van der Waals surface area (Å²) in [5, 5.41) is 13.0. The number of likely N-dealkylation sites (tertiary alicyclic amines) is 1. The minimum atomic E-state index is -1.16. The molecule has 2 N–H and O–H groups in total. The highest BCUT2D eigenvalue weighted by Crippen LogP contribution is 2.20. The molecule has 0 aromatic heterocycles. The van der Waals surface area contributed by atoms with Gasteiger partial charge < -0.3 is 15.3 Å². The van der Waals surface area contributed by atoms with Gasteiger partial charge in [-0.3, -0.25) is 0 Å². The van der Waals surface area contributed by atoms with Crippen molar-refractivity contribution in [2.75, 3.05) is 32.7 Å². The molecule has 1 aromatic rings. The predicted octanol–water partition coefficient (Wildman–Crippen LogP) is 2.32. The van der Waals surface area contributed by atoms with Gasteiger partial charge in [0.05, 0.1) is 11.7 Å². The highest BCUT2D eigenvalue weighted by Gasteiger charge is 2.18. The smallest absolute Gasteiger partial charge is 0.131 e. The van der Waals surface area contributed by atoms with Crippen LogP contribution in [0.4, 0.5) is 8.78 Å². The molecule has 1 fully saturated rings. The van der Waals surface area contributed by atoms with Gasteiger partial charge in [-0.15, -0.1) is 0 Å². The Morgan fingerprint density at radius 1 is 1.19 bits per heavy atom. The summed E-state index contributed by atoms with van der Waals surface area (Å²) in [5.74, 6) is -0.954. The lowest BCUT2D eigenvalue weighted by Crippen LogP contribution is -2.33. The molecule has 2 unspecified atom stereocenters. The third-order valence-corrected chi connectivity index (χ3v) is 3.93. The second kappa shape index (κ2) is 7.82. The van der Waals surface area contributed by atoms with Crippen LogP contribution in [0.2, 0.25) is 0 Å². The minimum Gasteiger partial charge on any atom is -0.387 e. The zero-order valence-corrected chi connectivity index (χ0v) is 12.5. The quantitative estimate of drug-likeness (QED) is 0.811. The Bertz CT molecular complexity index is 430. The van der Waals surface area contributed by atoms with Crippen LogP contribution in [0.3, 0.4) is 0 Å². The van der Waals surface area contributed by atoms with Crippen molar-refractivity contribution in [2.45, 2.75) is 25.9 Å². The van der Waals surface area contributed by atoms with E-state index >= 15 is 0 Å². The van der Waals surface area contributed by atoms with Crippen LogP contribution in [-0.2, 0) is 0 Å². The molecule has 118 valence electrons. The number of aliphatic hydroxyl groups is 1. The van der Waals surface area contributed by atoms with Crippen LogP contribution in [0.15, 0.2) is 18.2 Å². The summed E-state index contributed by atoms with van der Waals surface area (Å²) >= 11 is 0. The van der Waals surface area contributed by atoms with Crippen LogP contribution in [0.25, 0.3) is 0 Å². The molecule has 5 heteroatoms. The Hall–Kier alpha value is -1.04. The molecule has 0 amide bonds. The maximum atomic E-state index is 13.5. The number of hydrogen-bond donors (Lipinski definition) is 2. The molecule has 3 nitrogen and oxygen atoms in total. The first kappa shape index (κ1) is 16.3. The molecule has 2 atom stereocenters. The molecule has 2 rings (SSSR count). The van der Waals surface area contributed by atoms with Crippen LogP contribution in [0.1, 0.15) is 31.4 Å². The molecule has 1 aliphatic heterocycles. The zero-order chi connectivity index (χ0) is 15.2. The number of nitrogens with one attached hydrogen (secondary N) is 1. The summed E-state index contributed by atoms with van der Waals surface area (Å²) in [6.07, 6.45) is 1.38. The van der Waals surface area contributed by atoms with Gasteiger partial charge in [0.2, 0.25) is 0 Å². The van der Waals surface area contributed by atoms with Gasteiger partial charge in [-0.2, -0.15) is 0 Å². The van der Waals surface area contributed by atoms with E-state index < -0.39 is 17.7 Å². The Morgan fingerprint density at radius 2 is 1.81 bits per heavy atom. The molecular weight excluding hydrogens is 274 g/mol. The lowest BCUT2D eigenvalue weighted by atomic mass is 10.1. The molecule has 0 radical (unpaired) electrons. The van der Waals surface area contributed by atoms with Crippen LogP contribution in [-0.4, -0.2) is 42.7 Å². The number of rotatable bonds is 7. The molecule has 1 aromatic carbocycles. The third kappa shape index (κ3) is 4.73. The molecule has 0 saturated carbocycles. The van der Waals surface area contributed by atoms with Crippen molar-refractivity contribution < 1.29 is 13.9 Å². The van der Waals surface area contributed by atoms with Crippen LogP contribution in [0, 0.1) is 17.6 Å². The van der Waals surface area contributed by atoms with Crippen molar-refractivity contribution in [3.8, 4) is 0 Å². The van der Waals surface area contributed by atoms with E-state index in [-0.39, 0.29) is 12.1 Å². The average molecular weight is 298 g/mol. The number of hydrogen-bond acceptors (Lipinski definition) is 3. The molecule has 1 saturated heterocycles. The highest BCUT2D eigenvalue weighted by atomic mass is 19.1. The lowest BCUT2D eigenvalue weighted by Gasteiger charge is -2.21. The summed E-state index contributed by atoms with van der Waals surface area (Å²) < 4.78 is 27.0. The van der Waals surface area contributed by atoms with Crippen molar-refractivity contribution in [3.05, 3.63) is 35.4 Å². The van der Waals surface area contributed by atoms with Gasteiger partial charge in [0.25, 0.3) is 0 Å². The van der Waals surface area contributed by atoms with E-state index in [9.17, 15) is 13.9 Å². The molecule has 0 aliphatic carbocycles. The Labute approximate surface area is 125 Å². The van der Waals surface area contributed by atoms with E-state index in [0.717, 1.165) is 38.3 Å². The number of halogens is 2. The molecule has 1 heterocycles. The Kier molecular flexibility index (Phi) is 6.08. The Morgan fingerprint density at radius 3 is 2.43 bits per heavy atom. The van der Waals surface area contributed by atoms with E-state index in [1.807, 2.05) is 0 Å². The zero-order valence-electron chi connectivity index (χ0n) is 12.5. The predicted molar refractivity (Wildman–Crippen MR) is 79.0 cm³/mol. The number of nitrogens with zero attached hydrogens (tertiary/aromatic N) is 1. The summed E-state index contributed by atoms with van der Waals surface area (Å²) in [6.45, 7) is 6.37. The fourth-order valence-corrected chi connectivity index (χ4v) is 2.87. The fourth-order valence-electron chi connectivity index (χ4n) is 2.87. The maximum absolute atomic E-state index is 13.5. The van der Waals surface area contributed by atoms with Gasteiger partial charge in [-0.1, -0.05) is 13.0 Å². The van der Waals surface area contributed by atoms with Crippen molar-refractivity contribution in [1.82, 2.24) is 10.2 Å². The van der Waals surface area contributed by atoms with Crippen molar-refractivity contribution >= 4 is 0 Å². The normalized spacial score (nSPS) is 18.9. The third-order valence-electron chi connectivity index (χ3n) is 3.93. The summed E-state index contributed by atoms with van der Waals surface area (Å²) in [7, 11) is 0. The van der Waals surface area contributed by atoms with Gasteiger partial charge in [0.15, 0.2) is 0 Å². The average Bonchev–Trinajstić information content (AvgIpc) is 2.91. The first-order valence-corrected chi connectivity index (χ1v) is 7.63. The number of benzene rings is 1. The Balaban J connectivity index is 1.74. The SMILES string of the molecule is CC(CNCC(O)c1c(F)cccc1F)CN1CCCC1. The standard InChI is InChI=1S/C16H24F2N2O/c1-12(11-20-7-2-3-8-20)9-19-10-15(21)16-13(17)5-4-6-14(16)18/h4-6,12,15,19,21H,2-3,7-11H2,1H3. The van der Waals surface area contributed by atoms with E-state index in [4.69, 9.17) is 0 Å². The fraction of sp³-hybridized carbons (Fsp3) is 0.625. The monoisotopic (exact) mass is 298 g/mol. The summed E-state index contributed by atoms with van der Waals surface area (Å²) in [4.78, 5) is 2.43. The molecular formula is C16H24F2N2O. The summed E-state index contributed by atoms with van der Waals surface area (Å²) in [5.41, 5.74) is -0.253. The molecule has 21 heavy (non-hydrogen) atoms. The van der Waals surface area contributed by atoms with Gasteiger partial charge >= 0.3 is 0 Å². The summed E-state index contributed by atoms with van der Waals surface area (Å²) in [6, 6.07) is 3.63. The maximum Gasteiger partial charge on any atom is 0.131 e. The van der Waals surface area contributed by atoms with E-state index in [1.165, 1.54) is 18.9 Å². The first-order valence-electron chi connectivity index (χ1n) is 7.63.